The van der Waals surface area contributed by atoms with E-state index in [4.69, 9.17) is 9.47 Å². The minimum absolute atomic E-state index is 0.777. The molecule has 0 spiro atoms. The maximum atomic E-state index is 5.37. The highest BCUT2D eigenvalue weighted by atomic mass is 16.5. The zero-order valence-corrected chi connectivity index (χ0v) is 11.1. The Bertz CT molecular complexity index is 549. The minimum atomic E-state index is 0.777. The Morgan fingerprint density at radius 3 is 2.89 bits per heavy atom. The van der Waals surface area contributed by atoms with E-state index in [1.165, 1.54) is 0 Å². The Kier molecular flexibility index (Phi) is 3.61. The second-order valence-electron chi connectivity index (χ2n) is 4.58. The smallest absolute Gasteiger partial charge is 0.200 e. The van der Waals surface area contributed by atoms with Crippen molar-refractivity contribution in [1.82, 2.24) is 19.5 Å². The molecule has 0 radical (unpaired) electrons. The van der Waals surface area contributed by atoms with E-state index in [9.17, 15) is 0 Å². The van der Waals surface area contributed by atoms with Crippen molar-refractivity contribution in [3.8, 4) is 5.88 Å². The van der Waals surface area contributed by atoms with Crippen molar-refractivity contribution in [3.05, 3.63) is 24.0 Å². The number of hydrogen-bond acceptors (Lipinski definition) is 5. The number of ether oxygens (including phenoxy) is 2. The third kappa shape index (κ3) is 2.54. The fourth-order valence-corrected chi connectivity index (χ4v) is 2.37. The highest BCUT2D eigenvalue weighted by molar-refractivity contribution is 5.42. The predicted molar refractivity (Wildman–Crippen MR) is 70.5 cm³/mol. The van der Waals surface area contributed by atoms with Crippen LogP contribution in [0.1, 0.15) is 5.82 Å². The van der Waals surface area contributed by atoms with Gasteiger partial charge < -0.3 is 9.47 Å². The SMILES string of the molecule is COc1cccc2nnc(CCN3CCOCC3)n12. The normalized spacial score (nSPS) is 16.9. The van der Waals surface area contributed by atoms with Gasteiger partial charge in [-0.25, -0.2) is 4.40 Å². The maximum absolute atomic E-state index is 5.37. The molecule has 1 aliphatic rings. The lowest BCUT2D eigenvalue weighted by molar-refractivity contribution is 0.0382. The lowest BCUT2D eigenvalue weighted by atomic mass is 10.3. The molecule has 0 saturated carbocycles. The van der Waals surface area contributed by atoms with Crippen molar-refractivity contribution in [3.63, 3.8) is 0 Å². The van der Waals surface area contributed by atoms with Crippen LogP contribution in [0.2, 0.25) is 0 Å². The number of rotatable bonds is 4. The Hall–Kier alpha value is -1.66. The first kappa shape index (κ1) is 12.4. The van der Waals surface area contributed by atoms with Crippen LogP contribution in [0.15, 0.2) is 18.2 Å². The topological polar surface area (TPSA) is 51.9 Å². The van der Waals surface area contributed by atoms with Gasteiger partial charge in [-0.1, -0.05) is 6.07 Å². The average Bonchev–Trinajstić information content (AvgIpc) is 2.89. The van der Waals surface area contributed by atoms with Gasteiger partial charge in [0.25, 0.3) is 0 Å². The number of fused-ring (bicyclic) bond motifs is 1. The van der Waals surface area contributed by atoms with Gasteiger partial charge in [-0.05, 0) is 12.1 Å². The number of morpholine rings is 1. The molecule has 1 fully saturated rings. The zero-order valence-electron chi connectivity index (χ0n) is 11.1. The highest BCUT2D eigenvalue weighted by Gasteiger charge is 2.13. The molecule has 102 valence electrons. The highest BCUT2D eigenvalue weighted by Crippen LogP contribution is 2.15. The van der Waals surface area contributed by atoms with E-state index in [1.807, 2.05) is 22.6 Å². The van der Waals surface area contributed by atoms with Crippen LogP contribution in [-0.4, -0.2) is 59.5 Å². The van der Waals surface area contributed by atoms with E-state index in [0.717, 1.165) is 56.6 Å². The van der Waals surface area contributed by atoms with Crippen molar-refractivity contribution in [2.75, 3.05) is 40.0 Å². The van der Waals surface area contributed by atoms with E-state index in [2.05, 4.69) is 15.1 Å². The fourth-order valence-electron chi connectivity index (χ4n) is 2.37. The van der Waals surface area contributed by atoms with Gasteiger partial charge in [-0.3, -0.25) is 4.90 Å². The molecule has 2 aromatic heterocycles. The van der Waals surface area contributed by atoms with Crippen LogP contribution in [0.25, 0.3) is 5.65 Å². The van der Waals surface area contributed by atoms with Gasteiger partial charge in [0.05, 0.1) is 20.3 Å². The zero-order chi connectivity index (χ0) is 13.1. The van der Waals surface area contributed by atoms with Crippen LogP contribution in [0.4, 0.5) is 0 Å². The molecule has 3 rings (SSSR count). The number of aromatic nitrogens is 3. The molecule has 3 heterocycles. The summed E-state index contributed by atoms with van der Waals surface area (Å²) in [6.07, 6.45) is 0.863. The van der Waals surface area contributed by atoms with E-state index in [0.29, 0.717) is 0 Å². The van der Waals surface area contributed by atoms with Crippen LogP contribution in [0, 0.1) is 0 Å². The van der Waals surface area contributed by atoms with E-state index in [-0.39, 0.29) is 0 Å². The molecular weight excluding hydrogens is 244 g/mol. The molecule has 19 heavy (non-hydrogen) atoms. The summed E-state index contributed by atoms with van der Waals surface area (Å²) in [6, 6.07) is 5.79. The van der Waals surface area contributed by atoms with Crippen molar-refractivity contribution < 1.29 is 9.47 Å². The second-order valence-corrected chi connectivity index (χ2v) is 4.58. The van der Waals surface area contributed by atoms with Crippen molar-refractivity contribution in [1.29, 1.82) is 0 Å². The number of methoxy groups -OCH3 is 1. The molecule has 0 bridgehead atoms. The van der Waals surface area contributed by atoms with E-state index in [1.54, 1.807) is 7.11 Å². The molecule has 6 heteroatoms. The summed E-state index contributed by atoms with van der Waals surface area (Å²) in [5, 5.41) is 8.44. The van der Waals surface area contributed by atoms with Crippen LogP contribution < -0.4 is 4.74 Å². The quantitative estimate of drug-likeness (QED) is 0.808. The molecule has 0 atom stereocenters. The van der Waals surface area contributed by atoms with Gasteiger partial charge in [0, 0.05) is 26.1 Å². The van der Waals surface area contributed by atoms with Crippen LogP contribution in [0.5, 0.6) is 5.88 Å². The maximum Gasteiger partial charge on any atom is 0.200 e. The first-order chi connectivity index (χ1) is 9.38. The van der Waals surface area contributed by atoms with Crippen molar-refractivity contribution >= 4 is 5.65 Å². The van der Waals surface area contributed by atoms with Gasteiger partial charge in [0.15, 0.2) is 5.65 Å². The largest absolute Gasteiger partial charge is 0.482 e. The Morgan fingerprint density at radius 2 is 2.11 bits per heavy atom. The summed E-state index contributed by atoms with van der Waals surface area (Å²) < 4.78 is 12.7. The number of hydrogen-bond donors (Lipinski definition) is 0. The third-order valence-electron chi connectivity index (χ3n) is 3.42. The standard InChI is InChI=1S/C13H18N4O2/c1-18-13-4-2-3-11-14-15-12(17(11)13)5-6-16-7-9-19-10-8-16/h2-4H,5-10H2,1H3. The monoisotopic (exact) mass is 262 g/mol. The lowest BCUT2D eigenvalue weighted by Crippen LogP contribution is -2.37. The summed E-state index contributed by atoms with van der Waals surface area (Å²) in [7, 11) is 1.67. The molecule has 0 aromatic carbocycles. The van der Waals surface area contributed by atoms with Gasteiger partial charge in [-0.15, -0.1) is 10.2 Å². The first-order valence-electron chi connectivity index (χ1n) is 6.55. The fraction of sp³-hybridized carbons (Fsp3) is 0.538. The molecule has 0 aliphatic carbocycles. The molecule has 2 aromatic rings. The minimum Gasteiger partial charge on any atom is -0.482 e. The van der Waals surface area contributed by atoms with Gasteiger partial charge in [-0.2, -0.15) is 0 Å². The summed E-state index contributed by atoms with van der Waals surface area (Å²) in [4.78, 5) is 2.39. The molecule has 0 unspecified atom stereocenters. The first-order valence-corrected chi connectivity index (χ1v) is 6.55. The van der Waals surface area contributed by atoms with Gasteiger partial charge in [0.1, 0.15) is 5.82 Å². The number of pyridine rings is 1. The molecule has 1 saturated heterocycles. The third-order valence-corrected chi connectivity index (χ3v) is 3.42. The van der Waals surface area contributed by atoms with Crippen LogP contribution >= 0.6 is 0 Å². The van der Waals surface area contributed by atoms with Crippen LogP contribution in [-0.2, 0) is 11.2 Å². The molecular formula is C13H18N4O2. The van der Waals surface area contributed by atoms with E-state index >= 15 is 0 Å². The van der Waals surface area contributed by atoms with Gasteiger partial charge in [0.2, 0.25) is 5.88 Å². The Morgan fingerprint density at radius 1 is 1.26 bits per heavy atom. The molecule has 6 nitrogen and oxygen atoms in total. The summed E-state index contributed by atoms with van der Waals surface area (Å²) in [5.41, 5.74) is 0.830. The van der Waals surface area contributed by atoms with Crippen LogP contribution in [0.3, 0.4) is 0 Å². The van der Waals surface area contributed by atoms with E-state index < -0.39 is 0 Å². The Balaban J connectivity index is 1.77. The lowest BCUT2D eigenvalue weighted by Gasteiger charge is -2.26. The Labute approximate surface area is 111 Å². The summed E-state index contributed by atoms with van der Waals surface area (Å²) in [5.74, 6) is 1.72. The number of nitrogens with zero attached hydrogens (tertiary/aromatic N) is 4. The summed E-state index contributed by atoms with van der Waals surface area (Å²) in [6.45, 7) is 4.61. The summed E-state index contributed by atoms with van der Waals surface area (Å²) >= 11 is 0. The van der Waals surface area contributed by atoms with Gasteiger partial charge >= 0.3 is 0 Å². The predicted octanol–water partition coefficient (Wildman–Crippen LogP) is 0.613. The molecule has 0 amide bonds. The van der Waals surface area contributed by atoms with Crippen molar-refractivity contribution in [2.24, 2.45) is 0 Å². The van der Waals surface area contributed by atoms with Crippen molar-refractivity contribution in [2.45, 2.75) is 6.42 Å². The second kappa shape index (κ2) is 5.54. The average molecular weight is 262 g/mol. The molecule has 1 aliphatic heterocycles. The molecule has 0 N–H and O–H groups in total.